The van der Waals surface area contributed by atoms with Gasteiger partial charge in [-0.25, -0.2) is 22.9 Å². The molecule has 1 aromatic rings. The third kappa shape index (κ3) is 3.54. The van der Waals surface area contributed by atoms with Crippen molar-refractivity contribution in [1.82, 2.24) is 9.73 Å². The van der Waals surface area contributed by atoms with Crippen molar-refractivity contribution in [3.05, 3.63) is 29.8 Å². The van der Waals surface area contributed by atoms with Crippen molar-refractivity contribution in [2.75, 3.05) is 14.1 Å². The first-order valence-corrected chi connectivity index (χ1v) is 6.39. The van der Waals surface area contributed by atoms with Crippen LogP contribution in [0.1, 0.15) is 5.56 Å². The minimum atomic E-state index is -3.43. The highest BCUT2D eigenvalue weighted by molar-refractivity contribution is 7.89. The number of rotatable bonds is 4. The van der Waals surface area contributed by atoms with E-state index in [0.29, 0.717) is 5.56 Å². The second-order valence-electron chi connectivity index (χ2n) is 3.59. The summed E-state index contributed by atoms with van der Waals surface area (Å²) in [6.45, 7) is 0. The predicted octanol–water partition coefficient (Wildman–Crippen LogP) is -0.0609. The van der Waals surface area contributed by atoms with Crippen LogP contribution in [0.4, 0.5) is 4.79 Å². The fourth-order valence-corrected chi connectivity index (χ4v) is 2.01. The van der Waals surface area contributed by atoms with Crippen LogP contribution < -0.4 is 11.2 Å². The summed E-state index contributed by atoms with van der Waals surface area (Å²) in [6.07, 6.45) is 1.36. The molecule has 1 aromatic carbocycles. The minimum Gasteiger partial charge on any atom is -0.350 e. The maximum absolute atomic E-state index is 11.8. The third-order valence-electron chi connectivity index (χ3n) is 2.05. The van der Waals surface area contributed by atoms with Gasteiger partial charge in [-0.1, -0.05) is 12.1 Å². The Morgan fingerprint density at radius 3 is 2.33 bits per heavy atom. The van der Waals surface area contributed by atoms with Gasteiger partial charge >= 0.3 is 6.03 Å². The molecule has 98 valence electrons. The van der Waals surface area contributed by atoms with Crippen LogP contribution in [0, 0.1) is 0 Å². The maximum Gasteiger partial charge on any atom is 0.332 e. The van der Waals surface area contributed by atoms with E-state index >= 15 is 0 Å². The molecule has 0 aliphatic carbocycles. The zero-order chi connectivity index (χ0) is 13.8. The van der Waals surface area contributed by atoms with Crippen molar-refractivity contribution < 1.29 is 13.2 Å². The van der Waals surface area contributed by atoms with Crippen molar-refractivity contribution in [2.45, 2.75) is 4.90 Å². The third-order valence-corrected chi connectivity index (χ3v) is 3.88. The van der Waals surface area contributed by atoms with E-state index in [0.717, 1.165) is 4.31 Å². The number of carbonyl (C=O) groups excluding carboxylic acids is 1. The van der Waals surface area contributed by atoms with E-state index in [-0.39, 0.29) is 4.90 Å². The fraction of sp³-hybridized carbons (Fsp3) is 0.200. The molecule has 0 unspecified atom stereocenters. The lowest BCUT2D eigenvalue weighted by molar-refractivity contribution is 0.249. The summed E-state index contributed by atoms with van der Waals surface area (Å²) < 4.78 is 24.7. The lowest BCUT2D eigenvalue weighted by Gasteiger charge is -2.10. The molecule has 0 aromatic heterocycles. The molecule has 0 saturated carbocycles. The normalized spacial score (nSPS) is 11.9. The van der Waals surface area contributed by atoms with Crippen LogP contribution in [-0.4, -0.2) is 39.1 Å². The Hall–Kier alpha value is -1.93. The summed E-state index contributed by atoms with van der Waals surface area (Å²) in [7, 11) is -0.509. The molecule has 3 N–H and O–H groups in total. The Morgan fingerprint density at radius 2 is 1.89 bits per heavy atom. The number of hydrogen-bond acceptors (Lipinski definition) is 4. The molecule has 0 atom stereocenters. The van der Waals surface area contributed by atoms with E-state index in [9.17, 15) is 13.2 Å². The number of nitrogens with two attached hydrogens (primary N) is 1. The number of urea groups is 1. The van der Waals surface area contributed by atoms with Crippen LogP contribution in [0.5, 0.6) is 0 Å². The molecule has 0 fully saturated rings. The standard InChI is InChI=1S/C10H14N4O3S/c1-14(2)18(16,17)9-5-3-8(4-6-9)7-12-13-10(11)15/h3-7H,1-2H3,(H3,11,13,15). The first kappa shape index (κ1) is 14.1. The average molecular weight is 270 g/mol. The number of amides is 2. The number of sulfonamides is 1. The number of hydrogen-bond donors (Lipinski definition) is 2. The molecule has 18 heavy (non-hydrogen) atoms. The predicted molar refractivity (Wildman–Crippen MR) is 67.6 cm³/mol. The molecule has 2 amide bonds. The van der Waals surface area contributed by atoms with Gasteiger partial charge in [-0.15, -0.1) is 0 Å². The van der Waals surface area contributed by atoms with Gasteiger partial charge in [-0.05, 0) is 17.7 Å². The van der Waals surface area contributed by atoms with Gasteiger partial charge in [-0.2, -0.15) is 5.10 Å². The highest BCUT2D eigenvalue weighted by atomic mass is 32.2. The zero-order valence-electron chi connectivity index (χ0n) is 9.99. The summed E-state index contributed by atoms with van der Waals surface area (Å²) >= 11 is 0. The highest BCUT2D eigenvalue weighted by Gasteiger charge is 2.16. The second kappa shape index (κ2) is 5.61. The SMILES string of the molecule is CN(C)S(=O)(=O)c1ccc(C=NNC(N)=O)cc1. The molecule has 8 heteroatoms. The van der Waals surface area contributed by atoms with Crippen LogP contribution in [0.2, 0.25) is 0 Å². The first-order chi connectivity index (χ1) is 8.34. The maximum atomic E-state index is 11.8. The molecule has 0 bridgehead atoms. The summed E-state index contributed by atoms with van der Waals surface area (Å²) in [6, 6.07) is 5.30. The molecule has 0 spiro atoms. The van der Waals surface area contributed by atoms with E-state index in [4.69, 9.17) is 5.73 Å². The smallest absolute Gasteiger partial charge is 0.332 e. The monoisotopic (exact) mass is 270 g/mol. The van der Waals surface area contributed by atoms with Crippen LogP contribution in [0.25, 0.3) is 0 Å². The molecule has 0 aliphatic rings. The van der Waals surface area contributed by atoms with Crippen molar-refractivity contribution in [3.63, 3.8) is 0 Å². The molecular weight excluding hydrogens is 256 g/mol. The number of hydrazone groups is 1. The number of nitrogens with one attached hydrogen (secondary N) is 1. The lowest BCUT2D eigenvalue weighted by atomic mass is 10.2. The molecule has 0 aliphatic heterocycles. The number of nitrogens with zero attached hydrogens (tertiary/aromatic N) is 2. The van der Waals surface area contributed by atoms with Crippen LogP contribution >= 0.6 is 0 Å². The van der Waals surface area contributed by atoms with Gasteiger partial charge in [0.1, 0.15) is 0 Å². The number of carbonyl (C=O) groups is 1. The number of benzene rings is 1. The summed E-state index contributed by atoms with van der Waals surface area (Å²) in [5.41, 5.74) is 7.50. The second-order valence-corrected chi connectivity index (χ2v) is 5.74. The van der Waals surface area contributed by atoms with E-state index in [1.165, 1.54) is 32.4 Å². The van der Waals surface area contributed by atoms with E-state index in [1.807, 2.05) is 5.43 Å². The average Bonchev–Trinajstić information content (AvgIpc) is 2.29. The summed E-state index contributed by atoms with van der Waals surface area (Å²) in [5, 5.41) is 3.56. The van der Waals surface area contributed by atoms with Gasteiger partial charge in [0.25, 0.3) is 0 Å². The van der Waals surface area contributed by atoms with Crippen LogP contribution in [0.15, 0.2) is 34.3 Å². The van der Waals surface area contributed by atoms with Gasteiger partial charge < -0.3 is 5.73 Å². The van der Waals surface area contributed by atoms with E-state index in [2.05, 4.69) is 5.10 Å². The van der Waals surface area contributed by atoms with Crippen LogP contribution in [-0.2, 0) is 10.0 Å². The molecule has 0 saturated heterocycles. The Labute approximate surface area is 105 Å². The highest BCUT2D eigenvalue weighted by Crippen LogP contribution is 2.13. The quantitative estimate of drug-likeness (QED) is 0.591. The molecule has 1 rings (SSSR count). The number of primary amides is 1. The Morgan fingerprint density at radius 1 is 1.33 bits per heavy atom. The Bertz CT molecular complexity index is 549. The fourth-order valence-electron chi connectivity index (χ4n) is 1.11. The molecule has 7 nitrogen and oxygen atoms in total. The van der Waals surface area contributed by atoms with Gasteiger partial charge in [-0.3, -0.25) is 0 Å². The van der Waals surface area contributed by atoms with E-state index < -0.39 is 16.1 Å². The summed E-state index contributed by atoms with van der Waals surface area (Å²) in [5.74, 6) is 0. The Balaban J connectivity index is 2.87. The molecule has 0 radical (unpaired) electrons. The topological polar surface area (TPSA) is 105 Å². The molecular formula is C10H14N4O3S. The van der Waals surface area contributed by atoms with Crippen molar-refractivity contribution in [3.8, 4) is 0 Å². The molecule has 0 heterocycles. The van der Waals surface area contributed by atoms with Crippen molar-refractivity contribution in [1.29, 1.82) is 0 Å². The Kier molecular flexibility index (Phi) is 4.40. The summed E-state index contributed by atoms with van der Waals surface area (Å²) in [4.78, 5) is 10.6. The minimum absolute atomic E-state index is 0.188. The van der Waals surface area contributed by atoms with Crippen molar-refractivity contribution in [2.24, 2.45) is 10.8 Å². The van der Waals surface area contributed by atoms with Gasteiger partial charge in [0.05, 0.1) is 11.1 Å². The van der Waals surface area contributed by atoms with Gasteiger partial charge in [0, 0.05) is 14.1 Å². The van der Waals surface area contributed by atoms with Gasteiger partial charge in [0.2, 0.25) is 10.0 Å². The van der Waals surface area contributed by atoms with E-state index in [1.54, 1.807) is 12.1 Å². The van der Waals surface area contributed by atoms with Crippen molar-refractivity contribution >= 4 is 22.3 Å². The van der Waals surface area contributed by atoms with Gasteiger partial charge in [0.15, 0.2) is 0 Å². The van der Waals surface area contributed by atoms with Crippen LogP contribution in [0.3, 0.4) is 0 Å². The zero-order valence-corrected chi connectivity index (χ0v) is 10.8. The lowest BCUT2D eigenvalue weighted by Crippen LogP contribution is -2.24. The first-order valence-electron chi connectivity index (χ1n) is 4.95. The largest absolute Gasteiger partial charge is 0.350 e.